The van der Waals surface area contributed by atoms with Gasteiger partial charge in [-0.05, 0) is 23.8 Å². The normalized spacial score (nSPS) is 10.6. The molecule has 0 unspecified atom stereocenters. The number of nitrogens with zero attached hydrogens (tertiary/aromatic N) is 1. The summed E-state index contributed by atoms with van der Waals surface area (Å²) >= 11 is 0. The van der Waals surface area contributed by atoms with Gasteiger partial charge in [0.25, 0.3) is 0 Å². The van der Waals surface area contributed by atoms with E-state index in [1.165, 1.54) is 6.07 Å². The molecule has 2 aromatic carbocycles. The zero-order chi connectivity index (χ0) is 20.3. The third-order valence-corrected chi connectivity index (χ3v) is 4.04. The predicted molar refractivity (Wildman–Crippen MR) is 99.8 cm³/mol. The van der Waals surface area contributed by atoms with E-state index >= 15 is 0 Å². The van der Waals surface area contributed by atoms with Gasteiger partial charge in [-0.1, -0.05) is 30.3 Å². The second-order valence-electron chi connectivity index (χ2n) is 5.98. The number of aromatic nitrogens is 1. The second kappa shape index (κ2) is 7.75. The fourth-order valence-electron chi connectivity index (χ4n) is 2.74. The first-order valence-corrected chi connectivity index (χ1v) is 8.20. The average Bonchev–Trinajstić information content (AvgIpc) is 2.82. The number of fused-ring (bicyclic) bond motifs is 1. The van der Waals surface area contributed by atoms with Crippen molar-refractivity contribution >= 4 is 22.8 Å². The molecule has 0 amide bonds. The highest BCUT2D eigenvalue weighted by Gasteiger charge is 2.16. The van der Waals surface area contributed by atoms with E-state index in [2.05, 4.69) is 0 Å². The minimum atomic E-state index is -1.49. The SMILES string of the molecule is O=C(O)Cn1cc(C(=O)O)c(=O)c2cc(OCc3ccccc3)c(=O)ccc21. The first-order chi connectivity index (χ1) is 13.4. The number of aliphatic carboxylic acids is 1. The fraction of sp³-hybridized carbons (Fsp3) is 0.100. The van der Waals surface area contributed by atoms with Crippen LogP contribution in [-0.2, 0) is 17.9 Å². The Morgan fingerprint density at radius 2 is 1.71 bits per heavy atom. The number of rotatable bonds is 6. The van der Waals surface area contributed by atoms with Crippen LogP contribution in [0.4, 0.5) is 0 Å². The van der Waals surface area contributed by atoms with Gasteiger partial charge >= 0.3 is 11.9 Å². The molecule has 8 heteroatoms. The molecule has 0 aliphatic carbocycles. The number of carbonyl (C=O) groups is 2. The molecule has 1 aromatic heterocycles. The van der Waals surface area contributed by atoms with Crippen molar-refractivity contribution in [3.8, 4) is 5.75 Å². The number of hydrogen-bond donors (Lipinski definition) is 2. The Kier molecular flexibility index (Phi) is 5.21. The zero-order valence-electron chi connectivity index (χ0n) is 14.5. The summed E-state index contributed by atoms with van der Waals surface area (Å²) < 4.78 is 6.64. The van der Waals surface area contributed by atoms with Gasteiger partial charge in [0, 0.05) is 6.20 Å². The third kappa shape index (κ3) is 3.90. The van der Waals surface area contributed by atoms with E-state index in [9.17, 15) is 24.3 Å². The lowest BCUT2D eigenvalue weighted by molar-refractivity contribution is -0.137. The van der Waals surface area contributed by atoms with Gasteiger partial charge in [-0.15, -0.1) is 0 Å². The Labute approximate surface area is 157 Å². The highest BCUT2D eigenvalue weighted by molar-refractivity contribution is 5.93. The van der Waals surface area contributed by atoms with Crippen molar-refractivity contribution in [3.05, 3.63) is 86.3 Å². The maximum atomic E-state index is 12.6. The van der Waals surface area contributed by atoms with Crippen molar-refractivity contribution < 1.29 is 24.5 Å². The molecule has 2 N–H and O–H groups in total. The molecule has 142 valence electrons. The van der Waals surface area contributed by atoms with Crippen LogP contribution in [0.2, 0.25) is 0 Å². The molecule has 0 saturated heterocycles. The van der Waals surface area contributed by atoms with E-state index in [1.807, 2.05) is 6.07 Å². The van der Waals surface area contributed by atoms with Gasteiger partial charge in [-0.3, -0.25) is 14.4 Å². The molecule has 0 aliphatic rings. The van der Waals surface area contributed by atoms with Crippen LogP contribution < -0.4 is 15.6 Å². The first kappa shape index (κ1) is 18.8. The molecule has 0 fully saturated rings. The van der Waals surface area contributed by atoms with Crippen molar-refractivity contribution in [2.75, 3.05) is 0 Å². The molecule has 0 saturated carbocycles. The molecule has 28 heavy (non-hydrogen) atoms. The van der Waals surface area contributed by atoms with E-state index in [0.29, 0.717) is 0 Å². The lowest BCUT2D eigenvalue weighted by atomic mass is 10.1. The topological polar surface area (TPSA) is 123 Å². The Morgan fingerprint density at radius 1 is 1.00 bits per heavy atom. The molecule has 0 radical (unpaired) electrons. The molecular weight excluding hydrogens is 366 g/mol. The highest BCUT2D eigenvalue weighted by Crippen LogP contribution is 2.16. The zero-order valence-corrected chi connectivity index (χ0v) is 14.5. The maximum Gasteiger partial charge on any atom is 0.341 e. The Morgan fingerprint density at radius 3 is 2.36 bits per heavy atom. The summed E-state index contributed by atoms with van der Waals surface area (Å²) in [6, 6.07) is 12.6. The Bertz CT molecular complexity index is 1180. The minimum Gasteiger partial charge on any atom is -0.485 e. The van der Waals surface area contributed by atoms with Crippen LogP contribution in [0.5, 0.6) is 5.75 Å². The Hall–Kier alpha value is -3.94. The summed E-state index contributed by atoms with van der Waals surface area (Å²) in [6.45, 7) is -0.501. The molecule has 3 rings (SSSR count). The van der Waals surface area contributed by atoms with Crippen molar-refractivity contribution in [1.82, 2.24) is 4.57 Å². The van der Waals surface area contributed by atoms with Crippen LogP contribution in [0.15, 0.2) is 64.3 Å². The van der Waals surface area contributed by atoms with E-state index in [1.54, 1.807) is 24.3 Å². The molecule has 8 nitrogen and oxygen atoms in total. The van der Waals surface area contributed by atoms with Crippen LogP contribution in [0.3, 0.4) is 0 Å². The van der Waals surface area contributed by atoms with Crippen molar-refractivity contribution in [3.63, 3.8) is 0 Å². The summed E-state index contributed by atoms with van der Waals surface area (Å²) in [4.78, 5) is 47.4. The summed E-state index contributed by atoms with van der Waals surface area (Å²) in [5, 5.41) is 18.2. The van der Waals surface area contributed by atoms with Crippen molar-refractivity contribution in [1.29, 1.82) is 0 Å². The van der Waals surface area contributed by atoms with Gasteiger partial charge in [-0.2, -0.15) is 0 Å². The molecule has 0 spiro atoms. The van der Waals surface area contributed by atoms with Gasteiger partial charge in [0.05, 0.1) is 10.9 Å². The molecule has 1 heterocycles. The van der Waals surface area contributed by atoms with Gasteiger partial charge in [0.2, 0.25) is 10.9 Å². The van der Waals surface area contributed by atoms with Crippen LogP contribution in [0.1, 0.15) is 15.9 Å². The first-order valence-electron chi connectivity index (χ1n) is 8.20. The Balaban J connectivity index is 2.19. The number of carboxylic acids is 2. The smallest absolute Gasteiger partial charge is 0.341 e. The number of pyridine rings is 1. The standard InChI is InChI=1S/C20H15NO7/c22-16-7-6-15-13(8-17(16)28-11-12-4-2-1-3-5-12)19(25)14(20(26)27)9-21(15)10-18(23)24/h1-9H,10-11H2,(H,23,24)(H,26,27). The largest absolute Gasteiger partial charge is 0.485 e. The number of carboxylic acid groups (broad SMARTS) is 2. The number of hydrogen-bond acceptors (Lipinski definition) is 5. The number of aromatic carboxylic acids is 1. The van der Waals surface area contributed by atoms with Gasteiger partial charge in [0.1, 0.15) is 18.7 Å². The summed E-state index contributed by atoms with van der Waals surface area (Å²) in [7, 11) is 0. The van der Waals surface area contributed by atoms with Gasteiger partial charge < -0.3 is 19.5 Å². The fourth-order valence-corrected chi connectivity index (χ4v) is 2.74. The minimum absolute atomic E-state index is 0.0729. The third-order valence-electron chi connectivity index (χ3n) is 4.04. The van der Waals surface area contributed by atoms with E-state index < -0.39 is 34.9 Å². The van der Waals surface area contributed by atoms with E-state index in [-0.39, 0.29) is 23.3 Å². The number of ether oxygens (including phenoxy) is 1. The lowest BCUT2D eigenvalue weighted by Gasteiger charge is -2.08. The van der Waals surface area contributed by atoms with E-state index in [4.69, 9.17) is 9.84 Å². The molecular formula is C20H15NO7. The summed E-state index contributed by atoms with van der Waals surface area (Å²) in [5.74, 6) is -2.86. The van der Waals surface area contributed by atoms with Crippen LogP contribution in [-0.4, -0.2) is 26.7 Å². The monoisotopic (exact) mass is 381 g/mol. The quantitative estimate of drug-likeness (QED) is 0.666. The van der Waals surface area contributed by atoms with Crippen LogP contribution in [0.25, 0.3) is 10.9 Å². The second-order valence-corrected chi connectivity index (χ2v) is 5.98. The van der Waals surface area contributed by atoms with E-state index in [0.717, 1.165) is 28.5 Å². The molecule has 0 atom stereocenters. The predicted octanol–water partition coefficient (Wildman–Crippen LogP) is 1.72. The van der Waals surface area contributed by atoms with Crippen LogP contribution in [0, 0.1) is 0 Å². The van der Waals surface area contributed by atoms with Crippen molar-refractivity contribution in [2.24, 2.45) is 0 Å². The van der Waals surface area contributed by atoms with Crippen LogP contribution >= 0.6 is 0 Å². The molecule has 3 aromatic rings. The lowest BCUT2D eigenvalue weighted by Crippen LogP contribution is -2.20. The molecule has 0 aliphatic heterocycles. The van der Waals surface area contributed by atoms with Gasteiger partial charge in [-0.25, -0.2) is 4.79 Å². The summed E-state index contributed by atoms with van der Waals surface area (Å²) in [5.41, 5.74) is -1.03. The summed E-state index contributed by atoms with van der Waals surface area (Å²) in [6.07, 6.45) is 0.954. The molecule has 0 bridgehead atoms. The number of benzene rings is 1. The van der Waals surface area contributed by atoms with Gasteiger partial charge in [0.15, 0.2) is 5.75 Å². The average molecular weight is 381 g/mol. The maximum absolute atomic E-state index is 12.6. The highest BCUT2D eigenvalue weighted by atomic mass is 16.5. The van der Waals surface area contributed by atoms with Crippen molar-refractivity contribution in [2.45, 2.75) is 13.2 Å².